The number of para-hydroxylation sites is 1. The van der Waals surface area contributed by atoms with Gasteiger partial charge in [-0.05, 0) is 19.1 Å². The van der Waals surface area contributed by atoms with Crippen LogP contribution in [0.5, 0.6) is 0 Å². The van der Waals surface area contributed by atoms with Crippen LogP contribution in [0.2, 0.25) is 5.15 Å². The third-order valence-corrected chi connectivity index (χ3v) is 3.85. The van der Waals surface area contributed by atoms with E-state index in [4.69, 9.17) is 11.6 Å². The number of pyridine rings is 1. The van der Waals surface area contributed by atoms with Crippen molar-refractivity contribution in [1.29, 1.82) is 0 Å². The summed E-state index contributed by atoms with van der Waals surface area (Å²) >= 11 is 6.26. The van der Waals surface area contributed by atoms with Gasteiger partial charge in [-0.1, -0.05) is 43.6 Å². The summed E-state index contributed by atoms with van der Waals surface area (Å²) in [7, 11) is 0. The maximum absolute atomic E-state index is 6.26. The monoisotopic (exact) mass is 297 g/mol. The van der Waals surface area contributed by atoms with Crippen LogP contribution < -0.4 is 0 Å². The average Bonchev–Trinajstić information content (AvgIpc) is 2.49. The van der Waals surface area contributed by atoms with Crippen molar-refractivity contribution >= 4 is 22.5 Å². The zero-order valence-corrected chi connectivity index (χ0v) is 13.0. The molecule has 1 aromatic carbocycles. The molecule has 0 saturated carbocycles. The van der Waals surface area contributed by atoms with Crippen LogP contribution in [-0.4, -0.2) is 15.0 Å². The third kappa shape index (κ3) is 2.61. The molecule has 0 fully saturated rings. The van der Waals surface area contributed by atoms with Crippen molar-refractivity contribution in [3.63, 3.8) is 0 Å². The molecule has 4 heteroatoms. The van der Waals surface area contributed by atoms with Crippen molar-refractivity contribution in [3.8, 4) is 11.3 Å². The Labute approximate surface area is 129 Å². The van der Waals surface area contributed by atoms with Gasteiger partial charge in [-0.25, -0.2) is 9.97 Å². The van der Waals surface area contributed by atoms with Gasteiger partial charge in [0.25, 0.3) is 0 Å². The number of fused-ring (bicyclic) bond motifs is 1. The third-order valence-electron chi connectivity index (χ3n) is 3.48. The zero-order valence-electron chi connectivity index (χ0n) is 12.3. The van der Waals surface area contributed by atoms with Gasteiger partial charge >= 0.3 is 0 Å². The standard InChI is InChI=1S/C17H16ClN3/c1-10(2)17-20-15(11(3)16(18)21-17)13-8-12-6-4-5-7-14(12)19-9-13/h4-10H,1-3H3. The van der Waals surface area contributed by atoms with E-state index in [1.807, 2.05) is 37.4 Å². The van der Waals surface area contributed by atoms with Gasteiger partial charge < -0.3 is 0 Å². The van der Waals surface area contributed by atoms with E-state index in [1.54, 1.807) is 0 Å². The largest absolute Gasteiger partial charge is 0.256 e. The first-order chi connectivity index (χ1) is 10.1. The number of aromatic nitrogens is 3. The fourth-order valence-corrected chi connectivity index (χ4v) is 2.42. The molecule has 0 aliphatic carbocycles. The Morgan fingerprint density at radius 3 is 2.62 bits per heavy atom. The summed E-state index contributed by atoms with van der Waals surface area (Å²) in [6.45, 7) is 6.06. The van der Waals surface area contributed by atoms with Crippen molar-refractivity contribution in [2.24, 2.45) is 0 Å². The maximum atomic E-state index is 6.26. The summed E-state index contributed by atoms with van der Waals surface area (Å²) in [5, 5.41) is 1.60. The molecule has 0 N–H and O–H groups in total. The van der Waals surface area contributed by atoms with Crippen LogP contribution in [0, 0.1) is 6.92 Å². The number of hydrogen-bond donors (Lipinski definition) is 0. The highest BCUT2D eigenvalue weighted by Gasteiger charge is 2.14. The molecule has 0 saturated heterocycles. The number of rotatable bonds is 2. The molecular formula is C17H16ClN3. The molecule has 0 atom stereocenters. The second kappa shape index (κ2) is 5.41. The van der Waals surface area contributed by atoms with Gasteiger partial charge in [-0.15, -0.1) is 0 Å². The van der Waals surface area contributed by atoms with E-state index >= 15 is 0 Å². The first-order valence-electron chi connectivity index (χ1n) is 6.95. The number of hydrogen-bond acceptors (Lipinski definition) is 3. The lowest BCUT2D eigenvalue weighted by Crippen LogP contribution is -2.02. The second-order valence-corrected chi connectivity index (χ2v) is 5.78. The summed E-state index contributed by atoms with van der Waals surface area (Å²) in [4.78, 5) is 13.5. The number of halogens is 1. The first-order valence-corrected chi connectivity index (χ1v) is 7.33. The van der Waals surface area contributed by atoms with Crippen LogP contribution in [0.1, 0.15) is 31.2 Å². The predicted octanol–water partition coefficient (Wildman–Crippen LogP) is 4.78. The molecule has 2 aromatic heterocycles. The Morgan fingerprint density at radius 1 is 1.10 bits per heavy atom. The van der Waals surface area contributed by atoms with Crippen LogP contribution in [0.25, 0.3) is 22.2 Å². The Morgan fingerprint density at radius 2 is 1.86 bits per heavy atom. The highest BCUT2D eigenvalue weighted by atomic mass is 35.5. The van der Waals surface area contributed by atoms with E-state index in [0.717, 1.165) is 33.5 Å². The molecule has 21 heavy (non-hydrogen) atoms. The molecule has 3 nitrogen and oxygen atoms in total. The Bertz CT molecular complexity index is 812. The van der Waals surface area contributed by atoms with Crippen LogP contribution in [0.4, 0.5) is 0 Å². The van der Waals surface area contributed by atoms with Crippen molar-refractivity contribution in [3.05, 3.63) is 53.1 Å². The second-order valence-electron chi connectivity index (χ2n) is 5.42. The maximum Gasteiger partial charge on any atom is 0.136 e. The molecule has 0 spiro atoms. The van der Waals surface area contributed by atoms with E-state index < -0.39 is 0 Å². The smallest absolute Gasteiger partial charge is 0.136 e. The predicted molar refractivity (Wildman–Crippen MR) is 86.6 cm³/mol. The Kier molecular flexibility index (Phi) is 3.60. The normalized spacial score (nSPS) is 11.3. The first kappa shape index (κ1) is 14.0. The van der Waals surface area contributed by atoms with Gasteiger partial charge in [0.05, 0.1) is 11.2 Å². The highest BCUT2D eigenvalue weighted by Crippen LogP contribution is 2.28. The van der Waals surface area contributed by atoms with Crippen LogP contribution in [-0.2, 0) is 0 Å². The molecule has 0 aliphatic rings. The van der Waals surface area contributed by atoms with Gasteiger partial charge in [0.15, 0.2) is 0 Å². The fraction of sp³-hybridized carbons (Fsp3) is 0.235. The minimum absolute atomic E-state index is 0.232. The number of nitrogens with zero attached hydrogens (tertiary/aromatic N) is 3. The zero-order chi connectivity index (χ0) is 15.0. The van der Waals surface area contributed by atoms with Crippen molar-refractivity contribution in [1.82, 2.24) is 15.0 Å². The molecular weight excluding hydrogens is 282 g/mol. The lowest BCUT2D eigenvalue weighted by atomic mass is 10.1. The molecule has 0 aliphatic heterocycles. The van der Waals surface area contributed by atoms with E-state index in [1.165, 1.54) is 0 Å². The molecule has 2 heterocycles. The van der Waals surface area contributed by atoms with Crippen molar-refractivity contribution < 1.29 is 0 Å². The molecule has 0 bridgehead atoms. The van der Waals surface area contributed by atoms with Gasteiger partial charge in [-0.3, -0.25) is 4.98 Å². The van der Waals surface area contributed by atoms with E-state index in [-0.39, 0.29) is 5.92 Å². The number of benzene rings is 1. The molecule has 106 valence electrons. The summed E-state index contributed by atoms with van der Waals surface area (Å²) < 4.78 is 0. The molecule has 0 amide bonds. The minimum atomic E-state index is 0.232. The van der Waals surface area contributed by atoms with E-state index in [9.17, 15) is 0 Å². The lowest BCUT2D eigenvalue weighted by Gasteiger charge is -2.11. The van der Waals surface area contributed by atoms with Crippen LogP contribution in [0.15, 0.2) is 36.5 Å². The molecule has 3 aromatic rings. The van der Waals surface area contributed by atoms with Gasteiger partial charge in [-0.2, -0.15) is 0 Å². The highest BCUT2D eigenvalue weighted by molar-refractivity contribution is 6.30. The van der Waals surface area contributed by atoms with E-state index in [0.29, 0.717) is 5.15 Å². The quantitative estimate of drug-likeness (QED) is 0.639. The lowest BCUT2D eigenvalue weighted by molar-refractivity contribution is 0.773. The van der Waals surface area contributed by atoms with Gasteiger partial charge in [0, 0.05) is 28.6 Å². The van der Waals surface area contributed by atoms with E-state index in [2.05, 4.69) is 34.9 Å². The summed E-state index contributed by atoms with van der Waals surface area (Å²) in [5.74, 6) is 0.990. The summed E-state index contributed by atoms with van der Waals surface area (Å²) in [6.07, 6.45) is 1.85. The van der Waals surface area contributed by atoms with Crippen LogP contribution >= 0.6 is 11.6 Å². The van der Waals surface area contributed by atoms with Crippen LogP contribution in [0.3, 0.4) is 0 Å². The molecule has 0 unspecified atom stereocenters. The Balaban J connectivity index is 2.21. The summed E-state index contributed by atoms with van der Waals surface area (Å²) in [5.41, 5.74) is 3.69. The SMILES string of the molecule is Cc1c(Cl)nc(C(C)C)nc1-c1cnc2ccccc2c1. The van der Waals surface area contributed by atoms with Crippen molar-refractivity contribution in [2.45, 2.75) is 26.7 Å². The van der Waals surface area contributed by atoms with Gasteiger partial charge in [0.2, 0.25) is 0 Å². The summed E-state index contributed by atoms with van der Waals surface area (Å²) in [6, 6.07) is 10.1. The van der Waals surface area contributed by atoms with Crippen molar-refractivity contribution in [2.75, 3.05) is 0 Å². The topological polar surface area (TPSA) is 38.7 Å². The molecule has 0 radical (unpaired) electrons. The van der Waals surface area contributed by atoms with Gasteiger partial charge in [0.1, 0.15) is 11.0 Å². The Hall–Kier alpha value is -2.00. The average molecular weight is 298 g/mol. The fourth-order valence-electron chi connectivity index (χ4n) is 2.25. The molecule has 3 rings (SSSR count). The minimum Gasteiger partial charge on any atom is -0.256 e.